The Morgan fingerprint density at radius 2 is 1.90 bits per heavy atom. The summed E-state index contributed by atoms with van der Waals surface area (Å²) in [5.74, 6) is 1.30. The van der Waals surface area contributed by atoms with Crippen molar-refractivity contribution in [3.63, 3.8) is 0 Å². The van der Waals surface area contributed by atoms with E-state index in [1.165, 1.54) is 19.3 Å². The highest BCUT2D eigenvalue weighted by atomic mass is 32.1. The number of ether oxygens (including phenoxy) is 1. The number of methoxy groups -OCH3 is 1. The van der Waals surface area contributed by atoms with Gasteiger partial charge in [0, 0.05) is 37.5 Å². The first-order chi connectivity index (χ1) is 14.6. The van der Waals surface area contributed by atoms with Gasteiger partial charge < -0.3 is 15.4 Å². The second kappa shape index (κ2) is 10.9. The molecule has 0 radical (unpaired) electrons. The summed E-state index contributed by atoms with van der Waals surface area (Å²) in [6, 6.07) is 7.78. The molecule has 1 aromatic heterocycles. The highest BCUT2D eigenvalue weighted by Gasteiger charge is 2.16. The van der Waals surface area contributed by atoms with Gasteiger partial charge in [-0.3, -0.25) is 19.3 Å². The van der Waals surface area contributed by atoms with E-state index in [9.17, 15) is 9.59 Å². The van der Waals surface area contributed by atoms with Crippen molar-refractivity contribution in [1.82, 2.24) is 25.4 Å². The average molecular weight is 432 g/mol. The minimum absolute atomic E-state index is 0.000969. The van der Waals surface area contributed by atoms with Gasteiger partial charge in [-0.25, -0.2) is 0 Å². The summed E-state index contributed by atoms with van der Waals surface area (Å²) in [4.78, 5) is 24.2. The molecule has 0 bridgehead atoms. The quantitative estimate of drug-likeness (QED) is 0.530. The van der Waals surface area contributed by atoms with Crippen LogP contribution < -0.4 is 15.4 Å². The summed E-state index contributed by atoms with van der Waals surface area (Å²) in [6.45, 7) is 0.732. The summed E-state index contributed by atoms with van der Waals surface area (Å²) in [6.07, 6.45) is 6.27. The lowest BCUT2D eigenvalue weighted by atomic mass is 9.95. The molecular formula is C21H29N5O3S. The van der Waals surface area contributed by atoms with Crippen LogP contribution in [0.25, 0.3) is 11.4 Å². The number of aromatic amines is 1. The molecule has 2 amide bonds. The minimum Gasteiger partial charge on any atom is -0.497 e. The van der Waals surface area contributed by atoms with Crippen LogP contribution in [0, 0.1) is 4.77 Å². The molecule has 0 spiro atoms. The Morgan fingerprint density at radius 1 is 1.17 bits per heavy atom. The second-order valence-electron chi connectivity index (χ2n) is 7.48. The number of aromatic nitrogens is 3. The van der Waals surface area contributed by atoms with Crippen LogP contribution in [-0.2, 0) is 16.1 Å². The Balaban J connectivity index is 1.45. The molecule has 1 aliphatic rings. The van der Waals surface area contributed by atoms with Gasteiger partial charge in [-0.05, 0) is 49.3 Å². The van der Waals surface area contributed by atoms with Crippen LogP contribution in [0.3, 0.4) is 0 Å². The summed E-state index contributed by atoms with van der Waals surface area (Å²) in [7, 11) is 1.61. The van der Waals surface area contributed by atoms with Crippen molar-refractivity contribution in [2.45, 2.75) is 57.5 Å². The first kappa shape index (κ1) is 22.0. The largest absolute Gasteiger partial charge is 0.497 e. The Morgan fingerprint density at radius 3 is 2.60 bits per heavy atom. The number of hydrogen-bond acceptors (Lipinski definition) is 5. The maximum atomic E-state index is 12.2. The van der Waals surface area contributed by atoms with Gasteiger partial charge in [0.25, 0.3) is 0 Å². The molecule has 0 atom stereocenters. The fraction of sp³-hybridized carbons (Fsp3) is 0.524. The number of hydrogen-bond donors (Lipinski definition) is 3. The number of rotatable bonds is 9. The van der Waals surface area contributed by atoms with Crippen molar-refractivity contribution in [1.29, 1.82) is 0 Å². The molecule has 30 heavy (non-hydrogen) atoms. The molecule has 0 unspecified atom stereocenters. The van der Waals surface area contributed by atoms with Crippen LogP contribution in [0.2, 0.25) is 0 Å². The van der Waals surface area contributed by atoms with E-state index in [0.717, 1.165) is 24.2 Å². The summed E-state index contributed by atoms with van der Waals surface area (Å²) >= 11 is 5.31. The topological polar surface area (TPSA) is 101 Å². The third-order valence-electron chi connectivity index (χ3n) is 5.31. The number of carbonyl (C=O) groups is 2. The molecular weight excluding hydrogens is 402 g/mol. The molecule has 1 aliphatic carbocycles. The second-order valence-corrected chi connectivity index (χ2v) is 7.87. The van der Waals surface area contributed by atoms with Crippen LogP contribution in [0.15, 0.2) is 24.3 Å². The summed E-state index contributed by atoms with van der Waals surface area (Å²) in [5, 5.41) is 12.9. The summed E-state index contributed by atoms with van der Waals surface area (Å²) < 4.78 is 7.44. The molecule has 3 rings (SSSR count). The Hall–Kier alpha value is -2.68. The lowest BCUT2D eigenvalue weighted by Crippen LogP contribution is -2.38. The van der Waals surface area contributed by atoms with E-state index in [-0.39, 0.29) is 18.2 Å². The molecule has 2 aromatic rings. The van der Waals surface area contributed by atoms with Gasteiger partial charge in [0.2, 0.25) is 11.8 Å². The molecule has 162 valence electrons. The van der Waals surface area contributed by atoms with Gasteiger partial charge >= 0.3 is 0 Å². The van der Waals surface area contributed by atoms with E-state index in [2.05, 4.69) is 20.8 Å². The number of amides is 2. The normalized spacial score (nSPS) is 14.3. The molecule has 9 heteroatoms. The molecule has 3 N–H and O–H groups in total. The number of H-pyrrole nitrogens is 1. The molecule has 8 nitrogen and oxygen atoms in total. The number of nitrogens with one attached hydrogen (secondary N) is 3. The van der Waals surface area contributed by atoms with Crippen LogP contribution in [0.4, 0.5) is 0 Å². The molecule has 0 aliphatic heterocycles. The maximum absolute atomic E-state index is 12.2. The smallest absolute Gasteiger partial charge is 0.221 e. The highest BCUT2D eigenvalue weighted by molar-refractivity contribution is 7.71. The van der Waals surface area contributed by atoms with Crippen molar-refractivity contribution < 1.29 is 14.3 Å². The third-order valence-corrected chi connectivity index (χ3v) is 5.63. The third kappa shape index (κ3) is 6.16. The zero-order valence-electron chi connectivity index (χ0n) is 17.3. The first-order valence-corrected chi connectivity index (χ1v) is 10.8. The van der Waals surface area contributed by atoms with Crippen molar-refractivity contribution in [3.8, 4) is 17.1 Å². The van der Waals surface area contributed by atoms with E-state index < -0.39 is 0 Å². The molecule has 0 saturated heterocycles. The Bertz CT molecular complexity index is 900. The van der Waals surface area contributed by atoms with Crippen LogP contribution in [-0.4, -0.2) is 46.3 Å². The predicted molar refractivity (Wildman–Crippen MR) is 117 cm³/mol. The SMILES string of the molecule is COc1ccc(-c2n[nH]c(=S)n2CCC(=O)NCCC(=O)NC2CCCCC2)cc1. The summed E-state index contributed by atoms with van der Waals surface area (Å²) in [5.41, 5.74) is 0.878. The Kier molecular flexibility index (Phi) is 8.01. The van der Waals surface area contributed by atoms with Crippen molar-refractivity contribution >= 4 is 24.0 Å². The van der Waals surface area contributed by atoms with Crippen LogP contribution in [0.1, 0.15) is 44.9 Å². The highest BCUT2D eigenvalue weighted by Crippen LogP contribution is 2.21. The molecule has 1 heterocycles. The van der Waals surface area contributed by atoms with Gasteiger partial charge in [-0.1, -0.05) is 19.3 Å². The van der Waals surface area contributed by atoms with Crippen molar-refractivity contribution in [2.24, 2.45) is 0 Å². The van der Waals surface area contributed by atoms with E-state index in [0.29, 0.717) is 36.1 Å². The zero-order valence-corrected chi connectivity index (χ0v) is 18.1. The van der Waals surface area contributed by atoms with E-state index in [1.807, 2.05) is 24.3 Å². The van der Waals surface area contributed by atoms with Gasteiger partial charge in [0.15, 0.2) is 10.6 Å². The first-order valence-electron chi connectivity index (χ1n) is 10.4. The fourth-order valence-corrected chi connectivity index (χ4v) is 3.87. The lowest BCUT2D eigenvalue weighted by molar-refractivity contribution is -0.122. The number of carbonyl (C=O) groups excluding carboxylic acids is 2. The van der Waals surface area contributed by atoms with Crippen LogP contribution >= 0.6 is 12.2 Å². The molecule has 1 fully saturated rings. The van der Waals surface area contributed by atoms with Crippen LogP contribution in [0.5, 0.6) is 5.75 Å². The molecule has 1 saturated carbocycles. The van der Waals surface area contributed by atoms with Gasteiger partial charge in [0.1, 0.15) is 5.75 Å². The fourth-order valence-electron chi connectivity index (χ4n) is 3.65. The van der Waals surface area contributed by atoms with Crippen molar-refractivity contribution in [2.75, 3.05) is 13.7 Å². The number of benzene rings is 1. The maximum Gasteiger partial charge on any atom is 0.221 e. The van der Waals surface area contributed by atoms with E-state index in [1.54, 1.807) is 11.7 Å². The minimum atomic E-state index is -0.121. The predicted octanol–water partition coefficient (Wildman–Crippen LogP) is 2.96. The Labute approximate surface area is 181 Å². The zero-order chi connectivity index (χ0) is 21.3. The van der Waals surface area contributed by atoms with E-state index in [4.69, 9.17) is 17.0 Å². The molecule has 1 aromatic carbocycles. The lowest BCUT2D eigenvalue weighted by Gasteiger charge is -2.22. The van der Waals surface area contributed by atoms with Gasteiger partial charge in [-0.15, -0.1) is 0 Å². The monoisotopic (exact) mass is 431 g/mol. The number of nitrogens with zero attached hydrogens (tertiary/aromatic N) is 2. The van der Waals surface area contributed by atoms with Gasteiger partial charge in [-0.2, -0.15) is 5.10 Å². The average Bonchev–Trinajstić information content (AvgIpc) is 3.13. The van der Waals surface area contributed by atoms with Gasteiger partial charge in [0.05, 0.1) is 7.11 Å². The van der Waals surface area contributed by atoms with E-state index >= 15 is 0 Å². The van der Waals surface area contributed by atoms with Crippen molar-refractivity contribution in [3.05, 3.63) is 29.0 Å². The standard InChI is InChI=1S/C21H29N5O3S/c1-29-17-9-7-15(8-10-17)20-24-25-21(30)26(20)14-12-18(27)22-13-11-19(28)23-16-5-3-2-4-6-16/h7-10,16H,2-6,11-14H2,1H3,(H,22,27)(H,23,28)(H,25,30).